The van der Waals surface area contributed by atoms with E-state index in [9.17, 15) is 14.4 Å². The van der Waals surface area contributed by atoms with Crippen LogP contribution >= 0.6 is 11.3 Å². The normalized spacial score (nSPS) is 11.1. The Hall–Kier alpha value is -1.93. The predicted octanol–water partition coefficient (Wildman–Crippen LogP) is 2.44. The molecule has 0 aliphatic rings. The van der Waals surface area contributed by atoms with Crippen molar-refractivity contribution in [3.63, 3.8) is 0 Å². The predicted molar refractivity (Wildman–Crippen MR) is 104 cm³/mol. The van der Waals surface area contributed by atoms with Gasteiger partial charge in [0.2, 0.25) is 11.8 Å². The number of rotatable bonds is 9. The summed E-state index contributed by atoms with van der Waals surface area (Å²) in [4.78, 5) is 38.8. The fourth-order valence-corrected chi connectivity index (χ4v) is 3.29. The summed E-state index contributed by atoms with van der Waals surface area (Å²) in [7, 11) is 1.69. The molecule has 8 heteroatoms. The van der Waals surface area contributed by atoms with Crippen molar-refractivity contribution in [2.45, 2.75) is 46.6 Å². The molecule has 146 valence electrons. The molecule has 0 aliphatic heterocycles. The van der Waals surface area contributed by atoms with Crippen LogP contribution in [0, 0.1) is 0 Å². The second kappa shape index (κ2) is 10.3. The van der Waals surface area contributed by atoms with Gasteiger partial charge in [0, 0.05) is 10.9 Å². The van der Waals surface area contributed by atoms with E-state index in [2.05, 4.69) is 10.6 Å². The van der Waals surface area contributed by atoms with Crippen LogP contribution in [0.15, 0.2) is 6.07 Å². The number of amides is 2. The fourth-order valence-electron chi connectivity index (χ4n) is 2.23. The Bertz CT molecular complexity index is 640. The summed E-state index contributed by atoms with van der Waals surface area (Å²) in [6.07, 6.45) is 0. The summed E-state index contributed by atoms with van der Waals surface area (Å²) in [6.45, 7) is 9.98. The summed E-state index contributed by atoms with van der Waals surface area (Å²) >= 11 is 1.37. The molecule has 1 aromatic heterocycles. The van der Waals surface area contributed by atoms with Gasteiger partial charge in [-0.15, -0.1) is 11.3 Å². The van der Waals surface area contributed by atoms with E-state index in [0.29, 0.717) is 10.6 Å². The molecule has 0 saturated carbocycles. The van der Waals surface area contributed by atoms with Crippen LogP contribution < -0.4 is 10.6 Å². The lowest BCUT2D eigenvalue weighted by Crippen LogP contribution is -2.41. The van der Waals surface area contributed by atoms with Gasteiger partial charge in [-0.1, -0.05) is 13.8 Å². The summed E-state index contributed by atoms with van der Waals surface area (Å²) in [5.74, 6) is -0.634. The van der Waals surface area contributed by atoms with E-state index in [1.165, 1.54) is 11.3 Å². The first-order valence-corrected chi connectivity index (χ1v) is 9.54. The maximum Gasteiger partial charge on any atom is 0.341 e. The lowest BCUT2D eigenvalue weighted by Gasteiger charge is -2.17. The quantitative estimate of drug-likeness (QED) is 0.640. The molecule has 0 atom stereocenters. The number of nitrogens with zero attached hydrogens (tertiary/aromatic N) is 1. The Morgan fingerprint density at radius 2 is 1.77 bits per heavy atom. The lowest BCUT2D eigenvalue weighted by molar-refractivity contribution is -0.123. The van der Waals surface area contributed by atoms with Crippen molar-refractivity contribution >= 4 is 34.1 Å². The number of hydrogen-bond donors (Lipinski definition) is 2. The maximum absolute atomic E-state index is 12.3. The highest BCUT2D eigenvalue weighted by Crippen LogP contribution is 2.33. The molecule has 0 saturated heterocycles. The Morgan fingerprint density at radius 3 is 2.31 bits per heavy atom. The number of carbonyl (C=O) groups excluding carboxylic acids is 3. The summed E-state index contributed by atoms with van der Waals surface area (Å²) in [5, 5.41) is 6.04. The van der Waals surface area contributed by atoms with Gasteiger partial charge in [-0.25, -0.2) is 4.79 Å². The molecule has 7 nitrogen and oxygen atoms in total. The average Bonchev–Trinajstić information content (AvgIpc) is 2.90. The third-order valence-electron chi connectivity index (χ3n) is 3.35. The van der Waals surface area contributed by atoms with E-state index in [0.717, 1.165) is 4.88 Å². The molecule has 0 fully saturated rings. The molecular weight excluding hydrogens is 354 g/mol. The molecule has 0 unspecified atom stereocenters. The number of thiophene rings is 1. The third kappa shape index (κ3) is 7.13. The van der Waals surface area contributed by atoms with Gasteiger partial charge in [0.1, 0.15) is 5.00 Å². The van der Waals surface area contributed by atoms with Crippen molar-refractivity contribution in [2.75, 3.05) is 32.1 Å². The average molecular weight is 384 g/mol. The van der Waals surface area contributed by atoms with Gasteiger partial charge in [0.05, 0.1) is 25.3 Å². The summed E-state index contributed by atoms with van der Waals surface area (Å²) in [6, 6.07) is 1.82. The van der Waals surface area contributed by atoms with E-state index in [1.54, 1.807) is 24.9 Å². The monoisotopic (exact) mass is 383 g/mol. The van der Waals surface area contributed by atoms with Gasteiger partial charge < -0.3 is 15.4 Å². The molecule has 0 aromatic carbocycles. The Balaban J connectivity index is 2.75. The van der Waals surface area contributed by atoms with Crippen LogP contribution in [0.5, 0.6) is 0 Å². The Kier molecular flexibility index (Phi) is 8.74. The second-order valence-electron chi connectivity index (χ2n) is 6.71. The third-order valence-corrected chi connectivity index (χ3v) is 4.70. The van der Waals surface area contributed by atoms with Crippen molar-refractivity contribution in [3.05, 3.63) is 16.5 Å². The molecule has 0 bridgehead atoms. The molecule has 0 aliphatic carbocycles. The van der Waals surface area contributed by atoms with Crippen molar-refractivity contribution in [2.24, 2.45) is 0 Å². The molecule has 0 spiro atoms. The van der Waals surface area contributed by atoms with E-state index in [-0.39, 0.29) is 43.5 Å². The van der Waals surface area contributed by atoms with Crippen molar-refractivity contribution in [1.82, 2.24) is 10.2 Å². The number of likely N-dealkylation sites (N-methyl/N-ethyl adjacent to an activating group) is 1. The van der Waals surface area contributed by atoms with Crippen LogP contribution in [0.4, 0.5) is 5.00 Å². The van der Waals surface area contributed by atoms with Gasteiger partial charge in [-0.2, -0.15) is 0 Å². The standard InChI is InChI=1S/C18H29N3O4S/c1-7-25-18(24)13-8-14(11(2)3)26-17(13)20-16(23)10-21(6)9-15(22)19-12(4)5/h8,11-12H,7,9-10H2,1-6H3,(H,19,22)(H,20,23). The van der Waals surface area contributed by atoms with E-state index in [1.807, 2.05) is 27.7 Å². The molecule has 26 heavy (non-hydrogen) atoms. The minimum atomic E-state index is -0.449. The van der Waals surface area contributed by atoms with Crippen molar-refractivity contribution in [1.29, 1.82) is 0 Å². The molecule has 2 N–H and O–H groups in total. The first-order chi connectivity index (χ1) is 12.1. The zero-order valence-electron chi connectivity index (χ0n) is 16.3. The largest absolute Gasteiger partial charge is 0.462 e. The van der Waals surface area contributed by atoms with E-state index >= 15 is 0 Å². The van der Waals surface area contributed by atoms with Crippen LogP contribution in [-0.2, 0) is 14.3 Å². The highest BCUT2D eigenvalue weighted by Gasteiger charge is 2.21. The summed E-state index contributed by atoms with van der Waals surface area (Å²) < 4.78 is 5.07. The van der Waals surface area contributed by atoms with E-state index < -0.39 is 5.97 Å². The first kappa shape index (κ1) is 22.1. The first-order valence-electron chi connectivity index (χ1n) is 8.72. The van der Waals surface area contributed by atoms with Crippen molar-refractivity contribution in [3.8, 4) is 0 Å². The Morgan fingerprint density at radius 1 is 1.15 bits per heavy atom. The maximum atomic E-state index is 12.3. The highest BCUT2D eigenvalue weighted by atomic mass is 32.1. The number of nitrogens with one attached hydrogen (secondary N) is 2. The number of carbonyl (C=O) groups is 3. The highest BCUT2D eigenvalue weighted by molar-refractivity contribution is 7.16. The van der Waals surface area contributed by atoms with Crippen LogP contribution in [0.25, 0.3) is 0 Å². The number of anilines is 1. The molecule has 2 amide bonds. The molecular formula is C18H29N3O4S. The lowest BCUT2D eigenvalue weighted by atomic mass is 10.1. The second-order valence-corrected chi connectivity index (χ2v) is 7.79. The van der Waals surface area contributed by atoms with Gasteiger partial charge >= 0.3 is 5.97 Å². The van der Waals surface area contributed by atoms with Gasteiger partial charge in [0.25, 0.3) is 0 Å². The van der Waals surface area contributed by atoms with Crippen LogP contribution in [0.3, 0.4) is 0 Å². The summed E-state index contributed by atoms with van der Waals surface area (Å²) in [5.41, 5.74) is 0.370. The SMILES string of the molecule is CCOC(=O)c1cc(C(C)C)sc1NC(=O)CN(C)CC(=O)NC(C)C. The zero-order valence-corrected chi connectivity index (χ0v) is 17.2. The molecule has 1 aromatic rings. The molecule has 1 rings (SSSR count). The van der Waals surface area contributed by atoms with Gasteiger partial charge in [-0.05, 0) is 39.8 Å². The number of ether oxygens (including phenoxy) is 1. The number of esters is 1. The topological polar surface area (TPSA) is 87.7 Å². The number of hydrogen-bond acceptors (Lipinski definition) is 6. The van der Waals surface area contributed by atoms with Crippen LogP contribution in [-0.4, -0.2) is 55.5 Å². The fraction of sp³-hybridized carbons (Fsp3) is 0.611. The minimum absolute atomic E-state index is 0.0443. The van der Waals surface area contributed by atoms with Crippen LogP contribution in [0.2, 0.25) is 0 Å². The van der Waals surface area contributed by atoms with Gasteiger partial charge in [0.15, 0.2) is 0 Å². The van der Waals surface area contributed by atoms with Crippen LogP contribution in [0.1, 0.15) is 55.8 Å². The minimum Gasteiger partial charge on any atom is -0.462 e. The van der Waals surface area contributed by atoms with E-state index in [4.69, 9.17) is 4.74 Å². The molecule has 0 radical (unpaired) electrons. The van der Waals surface area contributed by atoms with Gasteiger partial charge in [-0.3, -0.25) is 14.5 Å². The smallest absolute Gasteiger partial charge is 0.341 e. The Labute approximate surface area is 159 Å². The van der Waals surface area contributed by atoms with Crippen molar-refractivity contribution < 1.29 is 19.1 Å². The zero-order chi connectivity index (χ0) is 19.9. The molecule has 1 heterocycles.